The molecule has 10 aliphatic carbocycles. The molecule has 1 aromatic rings. The molecule has 246 valence electrons. The van der Waals surface area contributed by atoms with Crippen LogP contribution in [0, 0.1) is 23.7 Å². The summed E-state index contributed by atoms with van der Waals surface area (Å²) in [6.45, 7) is 0. The Kier molecular flexibility index (Phi) is 6.27. The molecule has 0 aliphatic heterocycles. The number of rotatable bonds is 4. The van der Waals surface area contributed by atoms with Gasteiger partial charge in [0, 0.05) is 98.0 Å². The number of alkyl halides is 4. The minimum absolute atomic E-state index is 0.0231. The van der Waals surface area contributed by atoms with E-state index in [9.17, 15) is 10.2 Å². The van der Waals surface area contributed by atoms with Crippen molar-refractivity contribution in [2.45, 2.75) is 54.7 Å². The number of phenolic OH excluding ortho intramolecular Hbond substituents is 2. The van der Waals surface area contributed by atoms with Gasteiger partial charge in [0.05, 0.1) is 20.1 Å². The molecule has 2 saturated carbocycles. The van der Waals surface area contributed by atoms with Crippen molar-refractivity contribution in [3.8, 4) is 11.5 Å². The number of hydrogen-bond acceptors (Lipinski definition) is 6. The Labute approximate surface area is 305 Å². The SMILES string of the molecule is COC1(OC)[C@@]2(Cl)C(Cl)=C(Cl)[C@]1(Cl)[C@H]1[C@@H]2[C@H]2C=C[C@@H]1c1c(O)c3c(c(O)c12)[C@H]1C=C[C@@H]3[C@H]2[C@@H]1[C@@]1(Cl)C(Cl)=C(Cl)[C@]2(Cl)C1(OC)OC. The zero-order chi connectivity index (χ0) is 33.0. The van der Waals surface area contributed by atoms with E-state index in [1.807, 2.05) is 24.3 Å². The lowest BCUT2D eigenvalue weighted by molar-refractivity contribution is -0.220. The number of hydrogen-bond donors (Lipinski definition) is 2. The van der Waals surface area contributed by atoms with Crippen LogP contribution in [0.1, 0.15) is 45.9 Å². The third-order valence-corrected chi connectivity index (χ3v) is 18.2. The first-order valence-electron chi connectivity index (χ1n) is 14.7. The third-order valence-electron chi connectivity index (χ3n) is 12.9. The van der Waals surface area contributed by atoms with E-state index in [-0.39, 0.29) is 31.6 Å². The van der Waals surface area contributed by atoms with E-state index in [1.165, 1.54) is 28.4 Å². The number of halogens is 8. The van der Waals surface area contributed by atoms with Gasteiger partial charge in [0.25, 0.3) is 0 Å². The van der Waals surface area contributed by atoms with Crippen LogP contribution in [0.4, 0.5) is 0 Å². The monoisotopic (exact) mass is 786 g/mol. The minimum atomic E-state index is -1.64. The van der Waals surface area contributed by atoms with E-state index < -0.39 is 78.4 Å². The first-order chi connectivity index (χ1) is 21.6. The standard InChI is InChI=1S/C32H26Cl8O6/c1-43-31(44-2)27(37)17-9-5-6-10(18(17)28(31,38)24(34)23(27)33)14-13(9)21(41)15-11-7-8-12(16(15)22(14)42)20-19(11)29(39)25(35)26(36)30(20,40)32(29,45-3)46-4/h5-12,17-20,41-42H,1-4H3/t9-,10+,11+,12-,17-,18+,19+,20-,27-,28+,29+,30-. The molecule has 0 radical (unpaired) electrons. The van der Waals surface area contributed by atoms with Crippen molar-refractivity contribution in [1.29, 1.82) is 0 Å². The van der Waals surface area contributed by atoms with E-state index in [0.717, 1.165) is 0 Å². The van der Waals surface area contributed by atoms with Crippen LogP contribution in [0.2, 0.25) is 0 Å². The molecule has 2 N–H and O–H groups in total. The Morgan fingerprint density at radius 2 is 0.652 bits per heavy atom. The Morgan fingerprint density at radius 3 is 0.826 bits per heavy atom. The molecule has 10 aliphatic rings. The first kappa shape index (κ1) is 31.9. The van der Waals surface area contributed by atoms with E-state index >= 15 is 0 Å². The normalized spacial score (nSPS) is 48.4. The number of aromatic hydroxyl groups is 2. The molecule has 46 heavy (non-hydrogen) atoms. The number of methoxy groups -OCH3 is 4. The summed E-state index contributed by atoms with van der Waals surface area (Å²) in [5, 5.41) is 25.4. The smallest absolute Gasteiger partial charge is 0.217 e. The third kappa shape index (κ3) is 2.56. The van der Waals surface area contributed by atoms with Gasteiger partial charge >= 0.3 is 0 Å². The molecule has 12 atom stereocenters. The van der Waals surface area contributed by atoms with Crippen molar-refractivity contribution in [1.82, 2.24) is 0 Å². The second-order valence-corrected chi connectivity index (χ2v) is 17.4. The summed E-state index contributed by atoms with van der Waals surface area (Å²) in [6, 6.07) is 0. The number of allylic oxidation sites excluding steroid dienone is 4. The van der Waals surface area contributed by atoms with Gasteiger partial charge in [-0.3, -0.25) is 0 Å². The van der Waals surface area contributed by atoms with E-state index in [0.29, 0.717) is 22.3 Å². The molecule has 11 rings (SSSR count). The predicted octanol–water partition coefficient (Wildman–Crippen LogP) is 8.39. The summed E-state index contributed by atoms with van der Waals surface area (Å²) in [5.41, 5.74) is 2.14. The van der Waals surface area contributed by atoms with Crippen molar-refractivity contribution in [2.24, 2.45) is 23.7 Å². The van der Waals surface area contributed by atoms with E-state index in [2.05, 4.69) is 0 Å². The fourth-order valence-electron chi connectivity index (χ4n) is 11.6. The fourth-order valence-corrected chi connectivity index (χ4v) is 16.2. The van der Waals surface area contributed by atoms with Gasteiger partial charge < -0.3 is 29.2 Å². The van der Waals surface area contributed by atoms with Gasteiger partial charge in [-0.1, -0.05) is 70.7 Å². The van der Waals surface area contributed by atoms with Crippen LogP contribution in [0.15, 0.2) is 44.4 Å². The topological polar surface area (TPSA) is 77.4 Å². The molecule has 0 heterocycles. The summed E-state index contributed by atoms with van der Waals surface area (Å²) in [5.74, 6) is -7.47. The van der Waals surface area contributed by atoms with Crippen LogP contribution in [-0.4, -0.2) is 69.7 Å². The van der Waals surface area contributed by atoms with Crippen molar-refractivity contribution >= 4 is 92.8 Å². The number of phenols is 2. The summed E-state index contributed by atoms with van der Waals surface area (Å²) < 4.78 is 24.1. The number of ether oxygens (including phenoxy) is 4. The molecule has 2 fully saturated rings. The second kappa shape index (κ2) is 9.05. The largest absolute Gasteiger partial charge is 0.507 e. The molecule has 0 aromatic heterocycles. The Morgan fingerprint density at radius 1 is 0.457 bits per heavy atom. The lowest BCUT2D eigenvalue weighted by Crippen LogP contribution is -2.57. The van der Waals surface area contributed by atoms with Gasteiger partial charge in [0.15, 0.2) is 0 Å². The summed E-state index contributed by atoms with van der Waals surface area (Å²) in [4.78, 5) is -6.01. The maximum absolute atomic E-state index is 12.5. The quantitative estimate of drug-likeness (QED) is 0.138. The highest BCUT2D eigenvalue weighted by molar-refractivity contribution is 6.53. The highest BCUT2D eigenvalue weighted by atomic mass is 35.5. The molecule has 0 amide bonds. The van der Waals surface area contributed by atoms with Crippen molar-refractivity contribution in [3.63, 3.8) is 0 Å². The maximum atomic E-state index is 12.5. The van der Waals surface area contributed by atoms with Crippen LogP contribution >= 0.6 is 92.8 Å². The molecule has 0 spiro atoms. The van der Waals surface area contributed by atoms with Crippen molar-refractivity contribution < 1.29 is 29.2 Å². The maximum Gasteiger partial charge on any atom is 0.217 e. The first-order valence-corrected chi connectivity index (χ1v) is 17.7. The molecular weight excluding hydrogens is 764 g/mol. The molecule has 0 saturated heterocycles. The average Bonchev–Trinajstić information content (AvgIpc) is 3.49. The van der Waals surface area contributed by atoms with Gasteiger partial charge in [-0.05, 0) is 0 Å². The van der Waals surface area contributed by atoms with Crippen LogP contribution < -0.4 is 0 Å². The van der Waals surface area contributed by atoms with Crippen LogP contribution in [-0.2, 0) is 18.9 Å². The van der Waals surface area contributed by atoms with Crippen molar-refractivity contribution in [3.05, 3.63) is 66.7 Å². The van der Waals surface area contributed by atoms with E-state index in [1.54, 1.807) is 0 Å². The molecule has 14 heteroatoms. The average molecular weight is 790 g/mol. The molecule has 8 bridgehead atoms. The summed E-state index contributed by atoms with van der Waals surface area (Å²) in [6.07, 6.45) is 7.92. The Balaban J connectivity index is 1.30. The highest BCUT2D eigenvalue weighted by Gasteiger charge is 2.89. The van der Waals surface area contributed by atoms with Gasteiger partial charge in [-0.25, -0.2) is 0 Å². The Hall–Kier alpha value is -0.0600. The lowest BCUT2D eigenvalue weighted by Gasteiger charge is -2.54. The zero-order valence-corrected chi connectivity index (χ0v) is 30.5. The summed E-state index contributed by atoms with van der Waals surface area (Å²) >= 11 is 57.8. The number of fused-ring (bicyclic) bond motifs is 4. The van der Waals surface area contributed by atoms with Crippen molar-refractivity contribution in [2.75, 3.05) is 28.4 Å². The van der Waals surface area contributed by atoms with Crippen LogP contribution in [0.5, 0.6) is 11.5 Å². The number of benzene rings is 1. The molecular formula is C32H26Cl8O6. The second-order valence-electron chi connectivity index (χ2n) is 13.5. The van der Waals surface area contributed by atoms with E-state index in [4.69, 9.17) is 112 Å². The lowest BCUT2D eigenvalue weighted by atomic mass is 9.52. The fraction of sp³-hybridized carbons (Fsp3) is 0.562. The highest BCUT2D eigenvalue weighted by Crippen LogP contribution is 2.84. The Bertz CT molecular complexity index is 1570. The zero-order valence-electron chi connectivity index (χ0n) is 24.5. The molecule has 1 aromatic carbocycles. The van der Waals surface area contributed by atoms with Gasteiger partial charge in [-0.2, -0.15) is 0 Å². The van der Waals surface area contributed by atoms with Gasteiger partial charge in [0.1, 0.15) is 31.0 Å². The van der Waals surface area contributed by atoms with Crippen LogP contribution in [0.25, 0.3) is 0 Å². The molecule has 6 nitrogen and oxygen atoms in total. The molecule has 0 unspecified atom stereocenters. The minimum Gasteiger partial charge on any atom is -0.507 e. The van der Waals surface area contributed by atoms with Gasteiger partial charge in [-0.15, -0.1) is 46.4 Å². The summed E-state index contributed by atoms with van der Waals surface area (Å²) in [7, 11) is 5.82. The van der Waals surface area contributed by atoms with Crippen LogP contribution in [0.3, 0.4) is 0 Å². The predicted molar refractivity (Wildman–Crippen MR) is 178 cm³/mol. The van der Waals surface area contributed by atoms with Gasteiger partial charge in [0.2, 0.25) is 11.6 Å².